The van der Waals surface area contributed by atoms with Gasteiger partial charge >= 0.3 is 0 Å². The fraction of sp³-hybridized carbons (Fsp3) is 0. The van der Waals surface area contributed by atoms with Crippen LogP contribution in [0.1, 0.15) is 0 Å². The van der Waals surface area contributed by atoms with Gasteiger partial charge in [-0.2, -0.15) is 0 Å². The van der Waals surface area contributed by atoms with E-state index in [9.17, 15) is 0 Å². The van der Waals surface area contributed by atoms with E-state index in [-0.39, 0.29) is 0 Å². The van der Waals surface area contributed by atoms with Crippen LogP contribution in [-0.4, -0.2) is 0 Å². The van der Waals surface area contributed by atoms with E-state index in [0.29, 0.717) is 0 Å². The standard InChI is InChI=1S/C48H26O2S/c1-2-12-29-27(11-1)21-24-36-38-26-39(45-37-18-7-9-19-40(37)49-48(45)47(38)50-46(29)36)44-34-16-5-3-14-32(34)43(33-15-4-6-17-35(33)44)28-22-23-31-30-13-8-10-20-41(30)51-42(31)25-28/h1-26H. The second-order valence-electron chi connectivity index (χ2n) is 13.5. The molecule has 3 aromatic heterocycles. The maximum Gasteiger partial charge on any atom is 0.179 e. The summed E-state index contributed by atoms with van der Waals surface area (Å²) in [4.78, 5) is 0. The van der Waals surface area contributed by atoms with Crippen LogP contribution in [0.3, 0.4) is 0 Å². The van der Waals surface area contributed by atoms with E-state index in [1.165, 1.54) is 58.4 Å². The van der Waals surface area contributed by atoms with Crippen LogP contribution in [0.4, 0.5) is 0 Å². The lowest BCUT2D eigenvalue weighted by Crippen LogP contribution is -1.91. The molecule has 0 amide bonds. The summed E-state index contributed by atoms with van der Waals surface area (Å²) in [5.74, 6) is 0. The van der Waals surface area contributed by atoms with Crippen LogP contribution in [0.15, 0.2) is 167 Å². The minimum atomic E-state index is 0.788. The summed E-state index contributed by atoms with van der Waals surface area (Å²) in [5.41, 5.74) is 8.18. The van der Waals surface area contributed by atoms with Gasteiger partial charge in [-0.1, -0.05) is 127 Å². The van der Waals surface area contributed by atoms with Crippen LogP contribution >= 0.6 is 11.3 Å². The smallest absolute Gasteiger partial charge is 0.179 e. The van der Waals surface area contributed by atoms with Crippen LogP contribution in [0.2, 0.25) is 0 Å². The van der Waals surface area contributed by atoms with Crippen LogP contribution in [0.5, 0.6) is 0 Å². The van der Waals surface area contributed by atoms with Gasteiger partial charge in [0.2, 0.25) is 0 Å². The van der Waals surface area contributed by atoms with Gasteiger partial charge < -0.3 is 8.83 Å². The molecule has 51 heavy (non-hydrogen) atoms. The van der Waals surface area contributed by atoms with E-state index in [4.69, 9.17) is 8.83 Å². The Morgan fingerprint density at radius 2 is 0.961 bits per heavy atom. The first-order chi connectivity index (χ1) is 25.3. The van der Waals surface area contributed by atoms with E-state index in [1.54, 1.807) is 0 Å². The molecule has 0 aliphatic carbocycles. The molecule has 9 aromatic carbocycles. The lowest BCUT2D eigenvalue weighted by atomic mass is 9.84. The van der Waals surface area contributed by atoms with Gasteiger partial charge in [0.25, 0.3) is 0 Å². The van der Waals surface area contributed by atoms with Crippen molar-refractivity contribution in [2.75, 3.05) is 0 Å². The number of benzene rings is 9. The van der Waals surface area contributed by atoms with Crippen LogP contribution in [0, 0.1) is 0 Å². The maximum absolute atomic E-state index is 6.82. The number of furan rings is 2. The Morgan fingerprint density at radius 3 is 1.75 bits per heavy atom. The van der Waals surface area contributed by atoms with Crippen molar-refractivity contribution in [3.05, 3.63) is 158 Å². The summed E-state index contributed by atoms with van der Waals surface area (Å²) in [5, 5.41) is 14.1. The van der Waals surface area contributed by atoms with Crippen molar-refractivity contribution < 1.29 is 8.83 Å². The van der Waals surface area contributed by atoms with Gasteiger partial charge in [-0.3, -0.25) is 0 Å². The van der Waals surface area contributed by atoms with Gasteiger partial charge in [0, 0.05) is 47.1 Å². The average Bonchev–Trinajstić information content (AvgIpc) is 3.88. The molecule has 0 spiro atoms. The Hall–Kier alpha value is -6.42. The van der Waals surface area contributed by atoms with Crippen molar-refractivity contribution in [2.24, 2.45) is 0 Å². The van der Waals surface area contributed by atoms with Crippen LogP contribution in [-0.2, 0) is 0 Å². The van der Waals surface area contributed by atoms with E-state index >= 15 is 0 Å². The van der Waals surface area contributed by atoms with Crippen molar-refractivity contribution in [3.63, 3.8) is 0 Å². The Kier molecular flexibility index (Phi) is 5.41. The molecular weight excluding hydrogens is 641 g/mol. The number of hydrogen-bond donors (Lipinski definition) is 0. The highest BCUT2D eigenvalue weighted by Gasteiger charge is 2.25. The first kappa shape index (κ1) is 27.4. The molecule has 0 aliphatic heterocycles. The summed E-state index contributed by atoms with van der Waals surface area (Å²) in [6.07, 6.45) is 0. The molecule has 0 bridgehead atoms. The molecule has 236 valence electrons. The summed E-state index contributed by atoms with van der Waals surface area (Å²) < 4.78 is 16.2. The highest BCUT2D eigenvalue weighted by atomic mass is 32.1. The molecule has 0 fully saturated rings. The summed E-state index contributed by atoms with van der Waals surface area (Å²) in [6.45, 7) is 0. The normalized spacial score (nSPS) is 12.3. The minimum absolute atomic E-state index is 0.788. The molecule has 0 aliphatic rings. The van der Waals surface area contributed by atoms with Crippen molar-refractivity contribution in [2.45, 2.75) is 0 Å². The third-order valence-electron chi connectivity index (χ3n) is 10.8. The third kappa shape index (κ3) is 3.71. The summed E-state index contributed by atoms with van der Waals surface area (Å²) in [7, 11) is 0. The first-order valence-electron chi connectivity index (χ1n) is 17.3. The maximum atomic E-state index is 6.82. The topological polar surface area (TPSA) is 26.3 Å². The highest BCUT2D eigenvalue weighted by Crippen LogP contribution is 2.50. The molecule has 0 atom stereocenters. The van der Waals surface area contributed by atoms with Crippen molar-refractivity contribution in [3.8, 4) is 22.3 Å². The van der Waals surface area contributed by atoms with Gasteiger partial charge in [-0.05, 0) is 79.5 Å². The zero-order valence-electron chi connectivity index (χ0n) is 27.2. The molecule has 3 heterocycles. The highest BCUT2D eigenvalue weighted by molar-refractivity contribution is 7.25. The molecule has 0 saturated carbocycles. The Bertz CT molecular complexity index is 3370. The summed E-state index contributed by atoms with van der Waals surface area (Å²) in [6, 6.07) is 57.1. The Morgan fingerprint density at radius 1 is 0.353 bits per heavy atom. The molecule has 2 nitrogen and oxygen atoms in total. The van der Waals surface area contributed by atoms with Crippen molar-refractivity contribution >= 4 is 108 Å². The second kappa shape index (κ2) is 10.1. The molecule has 12 rings (SSSR count). The fourth-order valence-electron chi connectivity index (χ4n) is 8.65. The van der Waals surface area contributed by atoms with E-state index < -0.39 is 0 Å². The zero-order chi connectivity index (χ0) is 33.2. The average molecular weight is 667 g/mol. The van der Waals surface area contributed by atoms with Gasteiger partial charge in [-0.15, -0.1) is 11.3 Å². The number of para-hydroxylation sites is 1. The monoisotopic (exact) mass is 666 g/mol. The summed E-state index contributed by atoms with van der Waals surface area (Å²) >= 11 is 1.87. The van der Waals surface area contributed by atoms with Crippen molar-refractivity contribution in [1.29, 1.82) is 0 Å². The van der Waals surface area contributed by atoms with Crippen LogP contribution < -0.4 is 0 Å². The van der Waals surface area contributed by atoms with Crippen molar-refractivity contribution in [1.82, 2.24) is 0 Å². The molecule has 0 saturated heterocycles. The molecule has 0 radical (unpaired) electrons. The molecule has 3 heteroatoms. The van der Waals surface area contributed by atoms with E-state index in [1.807, 2.05) is 17.4 Å². The second-order valence-corrected chi connectivity index (χ2v) is 14.6. The largest absolute Gasteiger partial charge is 0.452 e. The van der Waals surface area contributed by atoms with Gasteiger partial charge in [0.1, 0.15) is 11.2 Å². The molecule has 12 aromatic rings. The number of hydrogen-bond acceptors (Lipinski definition) is 3. The minimum Gasteiger partial charge on any atom is -0.452 e. The van der Waals surface area contributed by atoms with E-state index in [0.717, 1.165) is 60.2 Å². The van der Waals surface area contributed by atoms with Crippen LogP contribution in [0.25, 0.3) is 119 Å². The third-order valence-corrected chi connectivity index (χ3v) is 12.0. The molecule has 0 unspecified atom stereocenters. The lowest BCUT2D eigenvalue weighted by Gasteiger charge is -2.18. The quantitative estimate of drug-likeness (QED) is 0.172. The molecule has 0 N–H and O–H groups in total. The Balaban J connectivity index is 1.24. The zero-order valence-corrected chi connectivity index (χ0v) is 28.1. The predicted octanol–water partition coefficient (Wildman–Crippen LogP) is 14.6. The SMILES string of the molecule is c1ccc2c(c1)ccc1c3cc(-c4c5ccccc5c(-c5ccc6c(c5)sc5ccccc56)c5ccccc45)c4c5ccccc5oc4c3oc21. The predicted molar refractivity (Wildman–Crippen MR) is 217 cm³/mol. The van der Waals surface area contributed by atoms with Gasteiger partial charge in [0.15, 0.2) is 11.2 Å². The van der Waals surface area contributed by atoms with Gasteiger partial charge in [-0.25, -0.2) is 0 Å². The number of rotatable bonds is 2. The molecular formula is C48H26O2S. The number of fused-ring (bicyclic) bond motifs is 14. The number of thiophene rings is 1. The van der Waals surface area contributed by atoms with E-state index in [2.05, 4.69) is 152 Å². The lowest BCUT2D eigenvalue weighted by molar-refractivity contribution is 0.635. The van der Waals surface area contributed by atoms with Gasteiger partial charge in [0.05, 0.1) is 0 Å². The first-order valence-corrected chi connectivity index (χ1v) is 18.2. The Labute approximate surface area is 295 Å². The fourth-order valence-corrected chi connectivity index (χ4v) is 9.80.